The van der Waals surface area contributed by atoms with Crippen LogP contribution in [-0.4, -0.2) is 26.5 Å². The molecule has 8 heteroatoms. The zero-order valence-electron chi connectivity index (χ0n) is 13.8. The average molecular weight is 385 g/mol. The molecule has 0 radical (unpaired) electrons. The molecule has 0 saturated heterocycles. The summed E-state index contributed by atoms with van der Waals surface area (Å²) >= 11 is 6.50. The largest absolute Gasteiger partial charge is 0.493 e. The van der Waals surface area contributed by atoms with Crippen LogP contribution in [0.4, 0.5) is 0 Å². The molecule has 132 valence electrons. The van der Waals surface area contributed by atoms with Crippen molar-refractivity contribution in [1.82, 2.24) is 14.1 Å². The summed E-state index contributed by atoms with van der Waals surface area (Å²) in [6, 6.07) is 5.38. The second-order valence-corrected chi connectivity index (χ2v) is 7.59. The normalized spacial score (nSPS) is 12.8. The van der Waals surface area contributed by atoms with E-state index in [1.807, 2.05) is 6.07 Å². The summed E-state index contributed by atoms with van der Waals surface area (Å²) in [7, 11) is 0. The second-order valence-electron chi connectivity index (χ2n) is 5.94. The van der Waals surface area contributed by atoms with Crippen molar-refractivity contribution in [2.24, 2.45) is 0 Å². The first-order chi connectivity index (χ1) is 12.6. The maximum Gasteiger partial charge on any atom is 0.273 e. The second kappa shape index (κ2) is 6.62. The van der Waals surface area contributed by atoms with Crippen LogP contribution < -0.4 is 10.3 Å². The fraction of sp³-hybridized carbons (Fsp3) is 0.222. The number of allylic oxidation sites excluding steroid dienone is 1. The fourth-order valence-electron chi connectivity index (χ4n) is 2.98. The maximum absolute atomic E-state index is 12.7. The number of fused-ring (bicyclic) bond motifs is 2. The minimum atomic E-state index is -0.258. The Morgan fingerprint density at radius 1 is 1.46 bits per heavy atom. The third-order valence-electron chi connectivity index (χ3n) is 4.28. The lowest BCUT2D eigenvalue weighted by molar-refractivity contribution is 0.0970. The Labute approximate surface area is 158 Å². The van der Waals surface area contributed by atoms with Gasteiger partial charge in [0.15, 0.2) is 15.4 Å². The van der Waals surface area contributed by atoms with Crippen molar-refractivity contribution in [2.45, 2.75) is 19.5 Å². The molecule has 0 atom stereocenters. The molecule has 1 aliphatic heterocycles. The molecule has 1 aliphatic rings. The minimum Gasteiger partial charge on any atom is -0.493 e. The topological polar surface area (TPSA) is 66.1 Å². The lowest BCUT2D eigenvalue weighted by atomic mass is 10.1. The Morgan fingerprint density at radius 3 is 3.12 bits per heavy atom. The molecule has 3 heterocycles. The van der Waals surface area contributed by atoms with Crippen LogP contribution in [0.1, 0.15) is 15.9 Å². The van der Waals surface area contributed by atoms with E-state index in [9.17, 15) is 9.59 Å². The Bertz CT molecular complexity index is 1160. The van der Waals surface area contributed by atoms with Gasteiger partial charge in [-0.15, -0.1) is 6.58 Å². The highest BCUT2D eigenvalue weighted by atomic mass is 32.1. The van der Waals surface area contributed by atoms with E-state index in [0.29, 0.717) is 33.0 Å². The number of rotatable bonds is 5. The minimum absolute atomic E-state index is 0.0620. The molecule has 6 nitrogen and oxygen atoms in total. The van der Waals surface area contributed by atoms with Crippen LogP contribution in [0, 0.1) is 3.95 Å². The predicted octanol–water partition coefficient (Wildman–Crippen LogP) is 2.99. The van der Waals surface area contributed by atoms with Gasteiger partial charge >= 0.3 is 0 Å². The quantitative estimate of drug-likeness (QED) is 0.384. The van der Waals surface area contributed by atoms with Gasteiger partial charge in [0.1, 0.15) is 16.8 Å². The van der Waals surface area contributed by atoms with E-state index in [4.69, 9.17) is 17.0 Å². The van der Waals surface area contributed by atoms with E-state index in [2.05, 4.69) is 11.6 Å². The summed E-state index contributed by atoms with van der Waals surface area (Å²) in [4.78, 5) is 29.7. The number of nitrogens with zero attached hydrogens (tertiary/aromatic N) is 3. The Balaban J connectivity index is 1.68. The molecule has 1 aromatic carbocycles. The predicted molar refractivity (Wildman–Crippen MR) is 103 cm³/mol. The highest BCUT2D eigenvalue weighted by Gasteiger charge is 2.17. The van der Waals surface area contributed by atoms with E-state index in [-0.39, 0.29) is 17.9 Å². The number of carbonyl (C=O) groups excluding carboxylic acids is 1. The van der Waals surface area contributed by atoms with Crippen molar-refractivity contribution in [3.05, 3.63) is 62.6 Å². The SMILES string of the molecule is C=CCn1c(=S)sc2c(=O)n(CC(=O)c3ccc4c(c3)CCO4)cnc21. The van der Waals surface area contributed by atoms with E-state index in [0.717, 1.165) is 17.7 Å². The molecule has 0 spiro atoms. The zero-order chi connectivity index (χ0) is 18.3. The first kappa shape index (κ1) is 16.9. The lowest BCUT2D eigenvalue weighted by Crippen LogP contribution is -2.24. The summed E-state index contributed by atoms with van der Waals surface area (Å²) in [5.74, 6) is 0.683. The lowest BCUT2D eigenvalue weighted by Gasteiger charge is -2.07. The van der Waals surface area contributed by atoms with Crippen LogP contribution in [0.3, 0.4) is 0 Å². The molecule has 2 aromatic heterocycles. The van der Waals surface area contributed by atoms with Gasteiger partial charge in [0.25, 0.3) is 5.56 Å². The fourth-order valence-corrected chi connectivity index (χ4v) is 4.30. The van der Waals surface area contributed by atoms with E-state index >= 15 is 0 Å². The molecule has 26 heavy (non-hydrogen) atoms. The number of ether oxygens (including phenoxy) is 1. The standard InChI is InChI=1S/C18H15N3O3S2/c1-2-6-21-16-15(26-18(21)25)17(23)20(10-19-16)9-13(22)11-3-4-14-12(8-11)5-7-24-14/h2-4,8,10H,1,5-7,9H2. The van der Waals surface area contributed by atoms with Gasteiger partial charge in [-0.25, -0.2) is 4.98 Å². The summed E-state index contributed by atoms with van der Waals surface area (Å²) in [6.45, 7) is 4.76. The van der Waals surface area contributed by atoms with Gasteiger partial charge in [-0.1, -0.05) is 17.4 Å². The van der Waals surface area contributed by atoms with Crippen molar-refractivity contribution < 1.29 is 9.53 Å². The van der Waals surface area contributed by atoms with Crippen molar-refractivity contribution in [1.29, 1.82) is 0 Å². The van der Waals surface area contributed by atoms with Crippen molar-refractivity contribution >= 4 is 39.7 Å². The van der Waals surface area contributed by atoms with E-state index in [1.165, 1.54) is 22.2 Å². The highest BCUT2D eigenvalue weighted by molar-refractivity contribution is 7.73. The number of benzene rings is 1. The van der Waals surface area contributed by atoms with Crippen LogP contribution >= 0.6 is 23.6 Å². The van der Waals surface area contributed by atoms with Crippen LogP contribution in [0.15, 0.2) is 42.0 Å². The van der Waals surface area contributed by atoms with Gasteiger partial charge in [-0.2, -0.15) is 0 Å². The van der Waals surface area contributed by atoms with Gasteiger partial charge < -0.3 is 9.30 Å². The van der Waals surface area contributed by atoms with Gasteiger partial charge in [-0.05, 0) is 36.0 Å². The van der Waals surface area contributed by atoms with Crippen LogP contribution in [0.2, 0.25) is 0 Å². The first-order valence-electron chi connectivity index (χ1n) is 8.07. The molecule has 0 N–H and O–H groups in total. The maximum atomic E-state index is 12.7. The van der Waals surface area contributed by atoms with Crippen LogP contribution in [0.25, 0.3) is 10.3 Å². The number of carbonyl (C=O) groups is 1. The molecule has 0 saturated carbocycles. The molecule has 0 bridgehead atoms. The molecule has 0 aliphatic carbocycles. The summed E-state index contributed by atoms with van der Waals surface area (Å²) in [5, 5.41) is 0. The zero-order valence-corrected chi connectivity index (χ0v) is 15.4. The first-order valence-corrected chi connectivity index (χ1v) is 9.29. The Kier molecular flexibility index (Phi) is 4.29. The van der Waals surface area contributed by atoms with Gasteiger partial charge in [0.2, 0.25) is 0 Å². The average Bonchev–Trinajstić information content (AvgIpc) is 3.22. The molecule has 0 fully saturated rings. The summed E-state index contributed by atoms with van der Waals surface area (Å²) < 4.78 is 9.56. The molecule has 4 rings (SSSR count). The summed E-state index contributed by atoms with van der Waals surface area (Å²) in [6.07, 6.45) is 3.90. The van der Waals surface area contributed by atoms with Crippen molar-refractivity contribution in [3.63, 3.8) is 0 Å². The molecular formula is C18H15N3O3S2. The number of hydrogen-bond acceptors (Lipinski definition) is 6. The molecule has 0 unspecified atom stereocenters. The highest BCUT2D eigenvalue weighted by Crippen LogP contribution is 2.26. The van der Waals surface area contributed by atoms with Crippen molar-refractivity contribution in [3.8, 4) is 5.75 Å². The number of ketones is 1. The van der Waals surface area contributed by atoms with E-state index < -0.39 is 0 Å². The van der Waals surface area contributed by atoms with E-state index in [1.54, 1.807) is 22.8 Å². The smallest absolute Gasteiger partial charge is 0.273 e. The Hall–Kier alpha value is -2.58. The third-order valence-corrected chi connectivity index (χ3v) is 5.71. The van der Waals surface area contributed by atoms with Crippen LogP contribution in [-0.2, 0) is 19.5 Å². The van der Waals surface area contributed by atoms with Gasteiger partial charge in [0, 0.05) is 18.5 Å². The Morgan fingerprint density at radius 2 is 2.31 bits per heavy atom. The summed E-state index contributed by atoms with van der Waals surface area (Å²) in [5.41, 5.74) is 1.87. The van der Waals surface area contributed by atoms with Crippen molar-refractivity contribution in [2.75, 3.05) is 6.61 Å². The monoisotopic (exact) mass is 385 g/mol. The number of thiazole rings is 1. The molecule has 0 amide bonds. The number of hydrogen-bond donors (Lipinski definition) is 0. The molecular weight excluding hydrogens is 370 g/mol. The van der Waals surface area contributed by atoms with Gasteiger partial charge in [0.05, 0.1) is 13.2 Å². The molecule has 3 aromatic rings. The number of aromatic nitrogens is 3. The number of Topliss-reactive ketones (excluding diaryl/α,β-unsaturated/α-hetero) is 1. The van der Waals surface area contributed by atoms with Crippen LogP contribution in [0.5, 0.6) is 5.75 Å². The third kappa shape index (κ3) is 2.81. The van der Waals surface area contributed by atoms with Gasteiger partial charge in [-0.3, -0.25) is 14.2 Å².